The van der Waals surface area contributed by atoms with E-state index >= 15 is 14.4 Å². The first kappa shape index (κ1) is 75.4. The van der Waals surface area contributed by atoms with Crippen molar-refractivity contribution in [3.05, 3.63) is 110 Å². The Morgan fingerprint density at radius 1 is 0.706 bits per heavy atom. The molecule has 20 atom stereocenters. The summed E-state index contributed by atoms with van der Waals surface area (Å²) in [6.07, 6.45) is -24.8. The van der Waals surface area contributed by atoms with Gasteiger partial charge in [0.25, 0.3) is 0 Å². The smallest absolute Gasteiger partial charge is 0.330 e. The number of ether oxygens (including phenoxy) is 6. The first-order valence-corrected chi connectivity index (χ1v) is 32.3. The first-order chi connectivity index (χ1) is 48.2. The second-order valence-corrected chi connectivity index (χ2v) is 26.1. The second kappa shape index (κ2) is 30.7. The molecule has 0 aromatic heterocycles. The molecule has 21 N–H and O–H groups in total. The lowest BCUT2D eigenvalue weighted by Crippen LogP contribution is -2.65. The summed E-state index contributed by atoms with van der Waals surface area (Å²) in [5, 5.41) is 152. The maximum Gasteiger partial charge on any atom is 0.330 e. The van der Waals surface area contributed by atoms with E-state index in [2.05, 4.69) is 37.2 Å². The zero-order valence-electron chi connectivity index (χ0n) is 54.0. The van der Waals surface area contributed by atoms with Crippen LogP contribution in [0.5, 0.6) is 40.2 Å². The minimum absolute atomic E-state index is 0.0806. The van der Waals surface area contributed by atoms with Crippen LogP contribution in [0.1, 0.15) is 80.1 Å². The number of aromatic hydroxyl groups is 3. The molecule has 11 rings (SSSR count). The summed E-state index contributed by atoms with van der Waals surface area (Å²) in [5.74, 6) is -17.9. The topological polar surface area (TPSA) is 562 Å². The highest BCUT2D eigenvalue weighted by Crippen LogP contribution is 2.50. The minimum Gasteiger partial charge on any atom is -0.508 e. The Kier molecular flexibility index (Phi) is 22.7. The molecular formula is C65H72Cl2N8O27. The van der Waals surface area contributed by atoms with Crippen LogP contribution >= 0.6 is 23.2 Å². The Balaban J connectivity index is 1.20. The highest BCUT2D eigenvalue weighted by atomic mass is 35.5. The molecular weight excluding hydrogens is 1400 g/mol. The van der Waals surface area contributed by atoms with Crippen molar-refractivity contribution in [2.45, 2.75) is 150 Å². The largest absolute Gasteiger partial charge is 0.508 e. The number of primary amides is 1. The van der Waals surface area contributed by atoms with E-state index in [1.807, 2.05) is 0 Å². The van der Waals surface area contributed by atoms with Crippen molar-refractivity contribution < 1.29 is 133 Å². The van der Waals surface area contributed by atoms with E-state index < -0.39 is 250 Å². The van der Waals surface area contributed by atoms with Crippen LogP contribution in [0, 0.1) is 11.8 Å². The summed E-state index contributed by atoms with van der Waals surface area (Å²) in [6.45, 7) is 3.89. The van der Waals surface area contributed by atoms with Crippen LogP contribution < -0.4 is 57.2 Å². The highest BCUT2D eigenvalue weighted by Gasteiger charge is 2.53. The third-order valence-corrected chi connectivity index (χ3v) is 18.5. The number of phenols is 3. The van der Waals surface area contributed by atoms with Crippen LogP contribution in [-0.2, 0) is 57.4 Å². The van der Waals surface area contributed by atoms with Crippen LogP contribution in [-0.4, -0.2) is 220 Å². The van der Waals surface area contributed by atoms with Gasteiger partial charge < -0.3 is 137 Å². The molecule has 7 aliphatic rings. The predicted octanol–water partition coefficient (Wildman–Crippen LogP) is -2.81. The fourth-order valence-corrected chi connectivity index (χ4v) is 13.1. The van der Waals surface area contributed by atoms with Crippen molar-refractivity contribution in [2.24, 2.45) is 17.6 Å². The number of aliphatic hydroxyl groups is 8. The van der Waals surface area contributed by atoms with Crippen LogP contribution in [0.4, 0.5) is 0 Å². The second-order valence-electron chi connectivity index (χ2n) is 25.3. The standard InChI is InChI=1S/C65H72Cl2N8O27/c1-20(2)9-31(69-4)57(89)74-46-48(83)26-16-30(67)54(21(26)3)98-37-13-24-12-36(55(37)101-65-53(88)51(86)56(39(19-77)100-65)102-64-52(87)50(85)49(84)38(18-76)99-64)97-35-8-6-23(11-29(35)66)47(82)45-62(94)73-44(63(95)96)28-14-25(78)15-34(80)41(28)27-10-22(5-7-33(27)79)42(59(91)75-45)72-60(92)43(24)71-58(90)32(17-40(68)81)70-61(46)93/h5-8,10-16,18,20-21,31-32,38-39,42-53,56,64-65,69,77-80,82-88H,9,17,19H2,1-4H3,(H2,68,81)(H,70,93)(H,71,90)(H,72,92)(H,73,94)(H,74,89)(H,75,91)(H,95,96)/t21?,31-,32?,38-,39-,42-,43?,44?,45+,46?,47-,48?,49+,50+,51-,52?,53?,56?,64+,65+/m1/s1. The molecule has 0 radical (unpaired) electrons. The molecule has 2 fully saturated rings. The van der Waals surface area contributed by atoms with Crippen molar-refractivity contribution in [1.82, 2.24) is 37.2 Å². The normalized spacial score (nSPS) is 30.8. The van der Waals surface area contributed by atoms with Gasteiger partial charge >= 0.3 is 5.97 Å². The molecule has 2 saturated heterocycles. The van der Waals surface area contributed by atoms with Crippen molar-refractivity contribution in [1.29, 1.82) is 0 Å². The van der Waals surface area contributed by atoms with Crippen molar-refractivity contribution >= 4 is 76.8 Å². The average molecular weight is 1470 g/mol. The molecule has 35 nitrogen and oxygen atoms in total. The zero-order chi connectivity index (χ0) is 74.4. The van der Waals surface area contributed by atoms with Crippen molar-refractivity contribution in [3.63, 3.8) is 0 Å². The van der Waals surface area contributed by atoms with Gasteiger partial charge in [-0.2, -0.15) is 0 Å². The highest BCUT2D eigenvalue weighted by molar-refractivity contribution is 6.32. The number of carboxylic acid groups (broad SMARTS) is 1. The molecule has 102 heavy (non-hydrogen) atoms. The number of carbonyl (C=O) groups is 9. The Morgan fingerprint density at radius 3 is 2.01 bits per heavy atom. The van der Waals surface area contributed by atoms with Gasteiger partial charge in [0.2, 0.25) is 53.4 Å². The SMILES string of the molecule is CN[C@H](CC(C)C)C(=O)NC1C(=O)NC(CC(N)=O)C(=O)NC2C(=O)N[C@H]3C(=O)N[C@H](C(=O)NC(C(=O)O)c4cc(O)cc(O)c4-c4cc3ccc4O)[C@H](O)c3ccc(c(Cl)c3)Oc3cc2cc(c3O[C@@H]2O[C@H](CO)C(O[C@@H]3O[C@H](C=O)[C@H](O)[C@H](O)C3O)[C@H](O)C2O)OC2=C(Cl)C=C(C2C)C1O. The fourth-order valence-electron chi connectivity index (χ4n) is 12.5. The van der Waals surface area contributed by atoms with Gasteiger partial charge in [0, 0.05) is 28.7 Å². The predicted molar refractivity (Wildman–Crippen MR) is 345 cm³/mol. The van der Waals surface area contributed by atoms with Gasteiger partial charge in [-0.1, -0.05) is 56.1 Å². The first-order valence-electron chi connectivity index (χ1n) is 31.5. The van der Waals surface area contributed by atoms with Gasteiger partial charge in [0.05, 0.1) is 29.1 Å². The zero-order valence-corrected chi connectivity index (χ0v) is 55.5. The van der Waals surface area contributed by atoms with Gasteiger partial charge in [0.15, 0.2) is 30.1 Å². The number of likely N-dealkylation sites (N-methyl/N-ethyl adjacent to an activating group) is 1. The van der Waals surface area contributed by atoms with Crippen molar-refractivity contribution in [2.75, 3.05) is 13.7 Å². The van der Waals surface area contributed by atoms with E-state index in [0.717, 1.165) is 66.7 Å². The summed E-state index contributed by atoms with van der Waals surface area (Å²) in [4.78, 5) is 129. The number of fused-ring (bicyclic) bond motifs is 10. The summed E-state index contributed by atoms with van der Waals surface area (Å²) < 4.78 is 36.7. The molecule has 7 amide bonds. The van der Waals surface area contributed by atoms with E-state index in [1.165, 1.54) is 14.0 Å². The Labute approximate surface area is 587 Å². The number of aliphatic hydroxyl groups excluding tert-OH is 8. The maximum atomic E-state index is 16.0. The number of aliphatic carboxylic acids is 1. The molecule has 1 aliphatic carbocycles. The van der Waals surface area contributed by atoms with Crippen molar-refractivity contribution in [3.8, 4) is 51.4 Å². The Bertz CT molecular complexity index is 4070. The summed E-state index contributed by atoms with van der Waals surface area (Å²) >= 11 is 14.0. The van der Waals surface area contributed by atoms with Crippen LogP contribution in [0.15, 0.2) is 83.1 Å². The van der Waals surface area contributed by atoms with Crippen LogP contribution in [0.2, 0.25) is 5.02 Å². The number of carbonyl (C=O) groups excluding carboxylic acids is 8. The number of carboxylic acids is 1. The molecule has 4 aromatic rings. The van der Waals surface area contributed by atoms with Gasteiger partial charge in [-0.3, -0.25) is 33.6 Å². The average Bonchev–Trinajstić information content (AvgIpc) is 1.08. The molecule has 548 valence electrons. The summed E-state index contributed by atoms with van der Waals surface area (Å²) in [6, 6.07) is -4.78. The molecule has 37 heteroatoms. The van der Waals surface area contributed by atoms with Gasteiger partial charge in [0.1, 0.15) is 120 Å². The lowest BCUT2D eigenvalue weighted by atomic mass is 9.89. The fraction of sp³-hybridized carbons (Fsp3) is 0.431. The van der Waals surface area contributed by atoms with E-state index in [4.69, 9.17) is 57.4 Å². The van der Waals surface area contributed by atoms with Crippen LogP contribution in [0.3, 0.4) is 0 Å². The Morgan fingerprint density at radius 2 is 1.36 bits per heavy atom. The number of hydrogen-bond donors (Lipinski definition) is 20. The number of halogens is 2. The minimum atomic E-state index is -2.38. The molecule has 0 spiro atoms. The molecule has 11 bridgehead atoms. The monoisotopic (exact) mass is 1470 g/mol. The van der Waals surface area contributed by atoms with E-state index in [9.17, 15) is 90.0 Å². The third-order valence-electron chi connectivity index (χ3n) is 17.9. The molecule has 6 aliphatic heterocycles. The number of benzene rings is 4. The molecule has 9 unspecified atom stereocenters. The van der Waals surface area contributed by atoms with E-state index in [0.29, 0.717) is 0 Å². The number of phenolic OH excluding ortho intramolecular Hbond substituents is 3. The maximum absolute atomic E-state index is 16.0. The summed E-state index contributed by atoms with van der Waals surface area (Å²) in [5.41, 5.74) is 2.71. The number of rotatable bonds is 14. The van der Waals surface area contributed by atoms with E-state index in [1.54, 1.807) is 13.8 Å². The Hall–Kier alpha value is -9.31. The van der Waals surface area contributed by atoms with Gasteiger partial charge in [-0.15, -0.1) is 0 Å². The molecule has 0 saturated carbocycles. The molecule has 4 aromatic carbocycles. The third kappa shape index (κ3) is 15.3. The lowest BCUT2D eigenvalue weighted by Gasteiger charge is -2.45. The number of nitrogens with two attached hydrogens (primary N) is 1. The molecule has 6 heterocycles. The number of amides is 7. The van der Waals surface area contributed by atoms with Gasteiger partial charge in [-0.25, -0.2) is 4.79 Å². The quantitative estimate of drug-likeness (QED) is 0.0567. The number of hydrogen-bond acceptors (Lipinski definition) is 27. The van der Waals surface area contributed by atoms with Crippen LogP contribution in [0.25, 0.3) is 11.1 Å². The number of nitrogens with one attached hydrogen (secondary N) is 7. The number of allylic oxidation sites excluding steroid dienone is 3. The summed E-state index contributed by atoms with van der Waals surface area (Å²) in [7, 11) is 1.45. The van der Waals surface area contributed by atoms with Gasteiger partial charge in [-0.05, 0) is 90.2 Å². The number of aldehydes is 1. The lowest BCUT2D eigenvalue weighted by molar-refractivity contribution is -0.346. The van der Waals surface area contributed by atoms with E-state index in [-0.39, 0.29) is 46.1 Å².